The van der Waals surface area contributed by atoms with Crippen molar-refractivity contribution in [1.29, 1.82) is 0 Å². The maximum atomic E-state index is 14.3. The molecule has 2 aromatic carbocycles. The maximum absolute atomic E-state index is 14.3. The number of benzene rings is 2. The number of hydrogen-bond donors (Lipinski definition) is 1. The Labute approximate surface area is 130 Å². The second kappa shape index (κ2) is 5.77. The van der Waals surface area contributed by atoms with Crippen LogP contribution in [0, 0.1) is 5.82 Å². The highest BCUT2D eigenvalue weighted by atomic mass is 35.5. The van der Waals surface area contributed by atoms with Gasteiger partial charge in [-0.3, -0.25) is 9.48 Å². The van der Waals surface area contributed by atoms with Crippen LogP contribution in [0.2, 0.25) is 0 Å². The maximum Gasteiger partial charge on any atom is 0.193 e. The average Bonchev–Trinajstić information content (AvgIpc) is 2.91. The van der Waals surface area contributed by atoms with Crippen molar-refractivity contribution in [2.75, 3.05) is 5.88 Å². The summed E-state index contributed by atoms with van der Waals surface area (Å²) in [6.45, 7) is 0.396. The van der Waals surface area contributed by atoms with Gasteiger partial charge in [-0.15, -0.1) is 11.6 Å². The molecule has 3 rings (SSSR count). The first-order valence-corrected chi connectivity index (χ1v) is 7.18. The largest absolute Gasteiger partial charge is 0.508 e. The van der Waals surface area contributed by atoms with Crippen molar-refractivity contribution in [3.05, 3.63) is 59.5 Å². The van der Waals surface area contributed by atoms with Gasteiger partial charge in [0.25, 0.3) is 0 Å². The van der Waals surface area contributed by atoms with Crippen molar-refractivity contribution in [2.24, 2.45) is 0 Å². The van der Waals surface area contributed by atoms with E-state index in [0.717, 1.165) is 0 Å². The molecule has 0 saturated heterocycles. The highest BCUT2D eigenvalue weighted by Crippen LogP contribution is 2.22. The molecule has 0 spiro atoms. The molecule has 0 amide bonds. The number of carbonyl (C=O) groups is 1. The quantitative estimate of drug-likeness (QED) is 0.593. The molecule has 1 heterocycles. The molecule has 0 aliphatic rings. The summed E-state index contributed by atoms with van der Waals surface area (Å²) in [5.74, 6) is -0.432. The molecule has 22 heavy (non-hydrogen) atoms. The first-order valence-electron chi connectivity index (χ1n) is 6.65. The van der Waals surface area contributed by atoms with Crippen LogP contribution in [-0.2, 0) is 6.54 Å². The van der Waals surface area contributed by atoms with Crippen molar-refractivity contribution in [3.63, 3.8) is 0 Å². The standard InChI is InChI=1S/C16H12ClFN2O2/c17-5-6-20-15-12(9-19-20)7-11(8-14(15)18)16(22)10-1-3-13(21)4-2-10/h1-4,7-9,21H,5-6H2. The number of fused-ring (bicyclic) bond motifs is 1. The van der Waals surface area contributed by atoms with Crippen molar-refractivity contribution in [3.8, 4) is 5.75 Å². The fraction of sp³-hybridized carbons (Fsp3) is 0.125. The minimum Gasteiger partial charge on any atom is -0.508 e. The number of carbonyl (C=O) groups excluding carboxylic acids is 1. The highest BCUT2D eigenvalue weighted by Gasteiger charge is 2.15. The van der Waals surface area contributed by atoms with E-state index in [0.29, 0.717) is 28.9 Å². The molecule has 1 N–H and O–H groups in total. The lowest BCUT2D eigenvalue weighted by Crippen LogP contribution is -2.04. The molecule has 0 fully saturated rings. The monoisotopic (exact) mass is 318 g/mol. The molecule has 0 radical (unpaired) electrons. The number of phenols is 1. The van der Waals surface area contributed by atoms with E-state index in [1.165, 1.54) is 41.2 Å². The molecular formula is C16H12ClFN2O2. The molecule has 3 aromatic rings. The third-order valence-electron chi connectivity index (χ3n) is 3.38. The minimum atomic E-state index is -0.512. The Morgan fingerprint density at radius 1 is 1.23 bits per heavy atom. The fourth-order valence-corrected chi connectivity index (χ4v) is 2.50. The number of ketones is 1. The summed E-state index contributed by atoms with van der Waals surface area (Å²) in [5, 5.41) is 13.9. The zero-order chi connectivity index (χ0) is 15.7. The van der Waals surface area contributed by atoms with Gasteiger partial charge in [0.05, 0.1) is 12.7 Å². The van der Waals surface area contributed by atoms with E-state index in [1.54, 1.807) is 6.07 Å². The number of hydrogen-bond acceptors (Lipinski definition) is 3. The topological polar surface area (TPSA) is 55.1 Å². The molecule has 1 aromatic heterocycles. The molecule has 0 bridgehead atoms. The Morgan fingerprint density at radius 2 is 1.95 bits per heavy atom. The summed E-state index contributed by atoms with van der Waals surface area (Å²) in [5.41, 5.74) is 0.953. The van der Waals surface area contributed by atoms with Crippen LogP contribution < -0.4 is 0 Å². The molecular weight excluding hydrogens is 307 g/mol. The number of nitrogens with zero attached hydrogens (tertiary/aromatic N) is 2. The Morgan fingerprint density at radius 3 is 2.64 bits per heavy atom. The van der Waals surface area contributed by atoms with Crippen LogP contribution in [0.15, 0.2) is 42.6 Å². The first kappa shape index (κ1) is 14.5. The number of aryl methyl sites for hydroxylation is 1. The third kappa shape index (κ3) is 2.55. The van der Waals surface area contributed by atoms with Gasteiger partial charge in [-0.05, 0) is 36.4 Å². The molecule has 0 saturated carbocycles. The minimum absolute atomic E-state index is 0.0699. The van der Waals surface area contributed by atoms with Crippen LogP contribution in [0.4, 0.5) is 4.39 Å². The second-order valence-electron chi connectivity index (χ2n) is 4.83. The summed E-state index contributed by atoms with van der Waals surface area (Å²) in [7, 11) is 0. The predicted molar refractivity (Wildman–Crippen MR) is 82.0 cm³/mol. The van der Waals surface area contributed by atoms with Gasteiger partial charge in [-0.25, -0.2) is 4.39 Å². The van der Waals surface area contributed by atoms with Crippen LogP contribution in [0.5, 0.6) is 5.75 Å². The van der Waals surface area contributed by atoms with E-state index in [1.807, 2.05) is 0 Å². The van der Waals surface area contributed by atoms with E-state index in [-0.39, 0.29) is 17.1 Å². The Balaban J connectivity index is 2.05. The predicted octanol–water partition coefficient (Wildman–Crippen LogP) is 3.35. The summed E-state index contributed by atoms with van der Waals surface area (Å²) < 4.78 is 15.8. The number of aromatic nitrogens is 2. The molecule has 4 nitrogen and oxygen atoms in total. The van der Waals surface area contributed by atoms with E-state index in [4.69, 9.17) is 11.6 Å². The second-order valence-corrected chi connectivity index (χ2v) is 5.21. The van der Waals surface area contributed by atoms with Gasteiger partial charge in [0.15, 0.2) is 5.78 Å². The highest BCUT2D eigenvalue weighted by molar-refractivity contribution is 6.17. The number of rotatable bonds is 4. The Kier molecular flexibility index (Phi) is 3.81. The van der Waals surface area contributed by atoms with Gasteiger partial charge >= 0.3 is 0 Å². The summed E-state index contributed by atoms with van der Waals surface area (Å²) in [4.78, 5) is 12.4. The van der Waals surface area contributed by atoms with E-state index in [2.05, 4.69) is 5.10 Å². The van der Waals surface area contributed by atoms with Crippen LogP contribution in [0.1, 0.15) is 15.9 Å². The van der Waals surface area contributed by atoms with E-state index >= 15 is 0 Å². The zero-order valence-electron chi connectivity index (χ0n) is 11.5. The van der Waals surface area contributed by atoms with Crippen LogP contribution >= 0.6 is 11.6 Å². The van der Waals surface area contributed by atoms with Gasteiger partial charge in [0.2, 0.25) is 0 Å². The van der Waals surface area contributed by atoms with Gasteiger partial charge in [-0.2, -0.15) is 5.10 Å². The SMILES string of the molecule is O=C(c1ccc(O)cc1)c1cc(F)c2c(cnn2CCCl)c1. The van der Waals surface area contributed by atoms with Gasteiger partial charge in [-0.1, -0.05) is 0 Å². The molecule has 112 valence electrons. The number of aromatic hydroxyl groups is 1. The van der Waals surface area contributed by atoms with Crippen molar-refractivity contribution in [2.45, 2.75) is 6.54 Å². The van der Waals surface area contributed by atoms with Crippen molar-refractivity contribution in [1.82, 2.24) is 9.78 Å². The Bertz CT molecular complexity index is 843. The zero-order valence-corrected chi connectivity index (χ0v) is 12.2. The summed E-state index contributed by atoms with van der Waals surface area (Å²) >= 11 is 5.66. The fourth-order valence-electron chi connectivity index (χ4n) is 2.34. The molecule has 0 unspecified atom stereocenters. The van der Waals surface area contributed by atoms with Crippen molar-refractivity contribution < 1.29 is 14.3 Å². The first-order chi connectivity index (χ1) is 10.6. The average molecular weight is 319 g/mol. The van der Waals surface area contributed by atoms with Crippen LogP contribution in [-0.4, -0.2) is 26.6 Å². The molecule has 0 aliphatic heterocycles. The smallest absolute Gasteiger partial charge is 0.193 e. The van der Waals surface area contributed by atoms with Gasteiger partial charge in [0.1, 0.15) is 17.1 Å². The molecule has 6 heteroatoms. The molecule has 0 atom stereocenters. The number of halogens is 2. The molecule has 0 aliphatic carbocycles. The van der Waals surface area contributed by atoms with Crippen LogP contribution in [0.25, 0.3) is 10.9 Å². The normalized spacial score (nSPS) is 11.0. The Hall–Kier alpha value is -2.40. The summed E-state index contributed by atoms with van der Waals surface area (Å²) in [6.07, 6.45) is 1.51. The third-order valence-corrected chi connectivity index (χ3v) is 3.54. The summed E-state index contributed by atoms with van der Waals surface area (Å²) in [6, 6.07) is 8.63. The number of alkyl halides is 1. The van der Waals surface area contributed by atoms with E-state index < -0.39 is 5.82 Å². The van der Waals surface area contributed by atoms with E-state index in [9.17, 15) is 14.3 Å². The van der Waals surface area contributed by atoms with Crippen LogP contribution in [0.3, 0.4) is 0 Å². The van der Waals surface area contributed by atoms with Crippen molar-refractivity contribution >= 4 is 28.3 Å². The number of phenolic OH excluding ortho intramolecular Hbond substituents is 1. The lowest BCUT2D eigenvalue weighted by Gasteiger charge is -2.05. The van der Waals surface area contributed by atoms with Gasteiger partial charge in [0, 0.05) is 22.4 Å². The lowest BCUT2D eigenvalue weighted by molar-refractivity contribution is 0.103. The van der Waals surface area contributed by atoms with Gasteiger partial charge < -0.3 is 5.11 Å². The lowest BCUT2D eigenvalue weighted by atomic mass is 10.0.